The fourth-order valence-electron chi connectivity index (χ4n) is 1.13. The van der Waals surface area contributed by atoms with E-state index in [9.17, 15) is 18.0 Å². The molecule has 0 radical (unpaired) electrons. The number of rotatable bonds is 3. The van der Waals surface area contributed by atoms with Crippen molar-refractivity contribution in [2.75, 3.05) is 6.61 Å². The predicted octanol–water partition coefficient (Wildman–Crippen LogP) is 2.34. The van der Waals surface area contributed by atoms with Gasteiger partial charge in [0, 0.05) is 6.42 Å². The Morgan fingerprint density at radius 2 is 1.81 bits per heavy atom. The molecule has 0 aliphatic rings. The third kappa shape index (κ3) is 3.80. The topological polar surface area (TPSA) is 52.3 Å². The van der Waals surface area contributed by atoms with Gasteiger partial charge < -0.3 is 10.5 Å². The van der Waals surface area contributed by atoms with Crippen molar-refractivity contribution in [2.45, 2.75) is 12.6 Å². The number of alkyl halides is 3. The van der Waals surface area contributed by atoms with Crippen molar-refractivity contribution in [1.82, 2.24) is 0 Å². The van der Waals surface area contributed by atoms with Crippen LogP contribution in [0.5, 0.6) is 0 Å². The van der Waals surface area contributed by atoms with Crippen LogP contribution in [0.2, 0.25) is 0 Å². The second-order valence-corrected chi connectivity index (χ2v) is 3.11. The molecule has 0 unspecified atom stereocenters. The SMILES string of the molecule is NC(=O)OCCc1ccc(C(F)(F)F)cc1. The minimum Gasteiger partial charge on any atom is -0.449 e. The zero-order valence-corrected chi connectivity index (χ0v) is 8.25. The molecule has 0 spiro atoms. The number of benzene rings is 1. The number of carbonyl (C=O) groups is 1. The molecule has 0 aromatic heterocycles. The number of hydrogen-bond donors (Lipinski definition) is 1. The highest BCUT2D eigenvalue weighted by molar-refractivity contribution is 5.64. The van der Waals surface area contributed by atoms with E-state index in [-0.39, 0.29) is 6.61 Å². The Morgan fingerprint density at radius 3 is 2.25 bits per heavy atom. The molecule has 2 N–H and O–H groups in total. The van der Waals surface area contributed by atoms with E-state index in [0.29, 0.717) is 12.0 Å². The zero-order chi connectivity index (χ0) is 12.2. The van der Waals surface area contributed by atoms with Crippen LogP contribution in [0.15, 0.2) is 24.3 Å². The Kier molecular flexibility index (Phi) is 3.76. The van der Waals surface area contributed by atoms with Crippen molar-refractivity contribution in [3.63, 3.8) is 0 Å². The highest BCUT2D eigenvalue weighted by Crippen LogP contribution is 2.29. The highest BCUT2D eigenvalue weighted by Gasteiger charge is 2.29. The number of ether oxygens (including phenoxy) is 1. The molecule has 0 bridgehead atoms. The lowest BCUT2D eigenvalue weighted by Crippen LogP contribution is -2.14. The van der Waals surface area contributed by atoms with E-state index in [1.807, 2.05) is 0 Å². The summed E-state index contributed by atoms with van der Waals surface area (Å²) >= 11 is 0. The smallest absolute Gasteiger partial charge is 0.416 e. The van der Waals surface area contributed by atoms with Crippen LogP contribution in [-0.2, 0) is 17.3 Å². The first-order chi connectivity index (χ1) is 7.39. The van der Waals surface area contributed by atoms with E-state index in [1.165, 1.54) is 12.1 Å². The maximum absolute atomic E-state index is 12.2. The lowest BCUT2D eigenvalue weighted by molar-refractivity contribution is -0.137. The number of carbonyl (C=O) groups excluding carboxylic acids is 1. The van der Waals surface area contributed by atoms with Crippen molar-refractivity contribution >= 4 is 6.09 Å². The predicted molar refractivity (Wildman–Crippen MR) is 50.7 cm³/mol. The quantitative estimate of drug-likeness (QED) is 0.871. The molecule has 6 heteroatoms. The third-order valence-corrected chi connectivity index (χ3v) is 1.92. The minimum absolute atomic E-state index is 0.0562. The van der Waals surface area contributed by atoms with Gasteiger partial charge in [-0.15, -0.1) is 0 Å². The molecule has 0 fully saturated rings. The minimum atomic E-state index is -4.33. The normalized spacial score (nSPS) is 11.2. The first-order valence-electron chi connectivity index (χ1n) is 4.48. The molecule has 0 heterocycles. The maximum Gasteiger partial charge on any atom is 0.416 e. The second-order valence-electron chi connectivity index (χ2n) is 3.11. The van der Waals surface area contributed by atoms with Gasteiger partial charge in [-0.05, 0) is 17.7 Å². The number of halogens is 3. The fraction of sp³-hybridized carbons (Fsp3) is 0.300. The van der Waals surface area contributed by atoms with Gasteiger partial charge in [0.1, 0.15) is 0 Å². The molecule has 16 heavy (non-hydrogen) atoms. The molecule has 0 aliphatic heterocycles. The fourth-order valence-corrected chi connectivity index (χ4v) is 1.13. The Hall–Kier alpha value is -1.72. The van der Waals surface area contributed by atoms with Crippen molar-refractivity contribution in [2.24, 2.45) is 5.73 Å². The van der Waals surface area contributed by atoms with Gasteiger partial charge in [0.2, 0.25) is 0 Å². The number of nitrogens with two attached hydrogens (primary N) is 1. The molecule has 0 saturated carbocycles. The summed E-state index contributed by atoms with van der Waals surface area (Å²) in [5.74, 6) is 0. The number of amides is 1. The van der Waals surface area contributed by atoms with E-state index in [2.05, 4.69) is 4.74 Å². The summed E-state index contributed by atoms with van der Waals surface area (Å²) in [7, 11) is 0. The summed E-state index contributed by atoms with van der Waals surface area (Å²) in [6.45, 7) is 0.0562. The molecular weight excluding hydrogens is 223 g/mol. The molecule has 0 aliphatic carbocycles. The molecular formula is C10H10F3NO2. The molecule has 1 aromatic carbocycles. The zero-order valence-electron chi connectivity index (χ0n) is 8.25. The van der Waals surface area contributed by atoms with Gasteiger partial charge in [-0.25, -0.2) is 4.79 Å². The van der Waals surface area contributed by atoms with Gasteiger partial charge in [-0.3, -0.25) is 0 Å². The molecule has 3 nitrogen and oxygen atoms in total. The summed E-state index contributed by atoms with van der Waals surface area (Å²) in [5, 5.41) is 0. The van der Waals surface area contributed by atoms with E-state index >= 15 is 0 Å². The van der Waals surface area contributed by atoms with Gasteiger partial charge in [0.05, 0.1) is 12.2 Å². The average Bonchev–Trinajstić information content (AvgIpc) is 2.16. The summed E-state index contributed by atoms with van der Waals surface area (Å²) < 4.78 is 41.0. The van der Waals surface area contributed by atoms with E-state index in [4.69, 9.17) is 5.73 Å². The van der Waals surface area contributed by atoms with Crippen LogP contribution in [0.3, 0.4) is 0 Å². The molecule has 1 rings (SSSR count). The first kappa shape index (κ1) is 12.4. The van der Waals surface area contributed by atoms with E-state index in [1.54, 1.807) is 0 Å². The summed E-state index contributed by atoms with van der Waals surface area (Å²) in [4.78, 5) is 10.2. The highest BCUT2D eigenvalue weighted by atomic mass is 19.4. The molecule has 88 valence electrons. The summed E-state index contributed by atoms with van der Waals surface area (Å²) in [5.41, 5.74) is 4.67. The summed E-state index contributed by atoms with van der Waals surface area (Å²) in [6.07, 6.45) is -4.89. The standard InChI is InChI=1S/C10H10F3NO2/c11-10(12,13)8-3-1-7(2-4-8)5-6-16-9(14)15/h1-4H,5-6H2,(H2,14,15). The Balaban J connectivity index is 2.55. The van der Waals surface area contributed by atoms with E-state index in [0.717, 1.165) is 12.1 Å². The Morgan fingerprint density at radius 1 is 1.25 bits per heavy atom. The van der Waals surface area contributed by atoms with Crippen LogP contribution in [0, 0.1) is 0 Å². The summed E-state index contributed by atoms with van der Waals surface area (Å²) in [6, 6.07) is 4.65. The number of hydrogen-bond acceptors (Lipinski definition) is 2. The van der Waals surface area contributed by atoms with Gasteiger partial charge in [0.15, 0.2) is 0 Å². The lowest BCUT2D eigenvalue weighted by atomic mass is 10.1. The van der Waals surface area contributed by atoms with Crippen molar-refractivity contribution in [1.29, 1.82) is 0 Å². The molecule has 1 amide bonds. The van der Waals surface area contributed by atoms with Crippen molar-refractivity contribution in [3.8, 4) is 0 Å². The lowest BCUT2D eigenvalue weighted by Gasteiger charge is -2.07. The van der Waals surface area contributed by atoms with Crippen LogP contribution < -0.4 is 5.73 Å². The van der Waals surface area contributed by atoms with Crippen LogP contribution >= 0.6 is 0 Å². The Labute approximate surface area is 90.0 Å². The Bertz CT molecular complexity index is 359. The average molecular weight is 233 g/mol. The van der Waals surface area contributed by atoms with Crippen LogP contribution in [-0.4, -0.2) is 12.7 Å². The van der Waals surface area contributed by atoms with Crippen LogP contribution in [0.1, 0.15) is 11.1 Å². The maximum atomic E-state index is 12.2. The first-order valence-corrected chi connectivity index (χ1v) is 4.48. The van der Waals surface area contributed by atoms with Gasteiger partial charge >= 0.3 is 12.3 Å². The third-order valence-electron chi connectivity index (χ3n) is 1.92. The van der Waals surface area contributed by atoms with Crippen LogP contribution in [0.25, 0.3) is 0 Å². The van der Waals surface area contributed by atoms with Crippen molar-refractivity contribution in [3.05, 3.63) is 35.4 Å². The van der Waals surface area contributed by atoms with E-state index < -0.39 is 17.8 Å². The van der Waals surface area contributed by atoms with Crippen LogP contribution in [0.4, 0.5) is 18.0 Å². The second kappa shape index (κ2) is 4.87. The molecule has 0 atom stereocenters. The van der Waals surface area contributed by atoms with Gasteiger partial charge in [-0.1, -0.05) is 12.1 Å². The van der Waals surface area contributed by atoms with Gasteiger partial charge in [0.25, 0.3) is 0 Å². The number of primary amides is 1. The molecule has 1 aromatic rings. The molecule has 0 saturated heterocycles. The monoisotopic (exact) mass is 233 g/mol. The van der Waals surface area contributed by atoms with Crippen molar-refractivity contribution < 1.29 is 22.7 Å². The van der Waals surface area contributed by atoms with Gasteiger partial charge in [-0.2, -0.15) is 13.2 Å². The largest absolute Gasteiger partial charge is 0.449 e.